The molecule has 2 aromatic rings. The Morgan fingerprint density at radius 2 is 1.86 bits per heavy atom. The smallest absolute Gasteiger partial charge is 0.240 e. The first kappa shape index (κ1) is 20.4. The topological polar surface area (TPSA) is 75.7 Å². The normalized spacial score (nSPS) is 17.5. The van der Waals surface area contributed by atoms with E-state index in [9.17, 15) is 17.6 Å². The van der Waals surface area contributed by atoms with Gasteiger partial charge in [-0.1, -0.05) is 24.3 Å². The number of nitrogens with one attached hydrogen (secondary N) is 1. The van der Waals surface area contributed by atoms with E-state index < -0.39 is 10.0 Å². The summed E-state index contributed by atoms with van der Waals surface area (Å²) in [5.74, 6) is -0.289. The molecule has 1 N–H and O–H groups in total. The summed E-state index contributed by atoms with van der Waals surface area (Å²) in [6.07, 6.45) is 0.593. The van der Waals surface area contributed by atoms with Gasteiger partial charge in [0.1, 0.15) is 11.9 Å². The maximum atomic E-state index is 13.1. The maximum Gasteiger partial charge on any atom is 0.240 e. The van der Waals surface area contributed by atoms with E-state index in [0.717, 1.165) is 11.1 Å². The fourth-order valence-corrected chi connectivity index (χ4v) is 3.85. The second kappa shape index (κ2) is 8.81. The lowest BCUT2D eigenvalue weighted by Gasteiger charge is -2.33. The number of ether oxygens (including phenoxy) is 1. The zero-order valence-electron chi connectivity index (χ0n) is 15.6. The molecule has 0 aromatic heterocycles. The monoisotopic (exact) mass is 406 g/mol. The number of halogens is 1. The Hall–Kier alpha value is -2.29. The quantitative estimate of drug-likeness (QED) is 0.799. The van der Waals surface area contributed by atoms with Gasteiger partial charge < -0.3 is 9.64 Å². The molecule has 8 heteroatoms. The van der Waals surface area contributed by atoms with E-state index in [2.05, 4.69) is 4.72 Å². The van der Waals surface area contributed by atoms with Crippen LogP contribution in [0.2, 0.25) is 0 Å². The summed E-state index contributed by atoms with van der Waals surface area (Å²) in [6.45, 7) is 1.39. The van der Waals surface area contributed by atoms with Crippen LogP contribution in [-0.2, 0) is 26.0 Å². The predicted molar refractivity (Wildman–Crippen MR) is 103 cm³/mol. The van der Waals surface area contributed by atoms with Crippen molar-refractivity contribution < 1.29 is 22.3 Å². The molecule has 1 unspecified atom stereocenters. The van der Waals surface area contributed by atoms with Crippen LogP contribution in [-0.4, -0.2) is 46.0 Å². The Labute approximate surface area is 164 Å². The fourth-order valence-electron chi connectivity index (χ4n) is 3.12. The molecular formula is C20H23FN2O4S. The highest BCUT2D eigenvalue weighted by molar-refractivity contribution is 7.89. The lowest BCUT2D eigenvalue weighted by Crippen LogP contribution is -2.42. The molecule has 0 saturated carbocycles. The molecule has 1 aliphatic heterocycles. The Balaban J connectivity index is 1.56. The minimum atomic E-state index is -3.46. The van der Waals surface area contributed by atoms with Crippen molar-refractivity contribution in [3.63, 3.8) is 0 Å². The van der Waals surface area contributed by atoms with E-state index in [1.54, 1.807) is 29.2 Å². The highest BCUT2D eigenvalue weighted by Gasteiger charge is 2.25. The summed E-state index contributed by atoms with van der Waals surface area (Å²) in [7, 11) is -2.10. The van der Waals surface area contributed by atoms with Crippen LogP contribution in [0.4, 0.5) is 4.39 Å². The third-order valence-electron chi connectivity index (χ3n) is 4.79. The first-order valence-corrected chi connectivity index (χ1v) is 10.5. The van der Waals surface area contributed by atoms with Crippen molar-refractivity contribution in [2.24, 2.45) is 0 Å². The highest BCUT2D eigenvalue weighted by atomic mass is 32.2. The van der Waals surface area contributed by atoms with Crippen LogP contribution in [0.1, 0.15) is 23.7 Å². The number of sulfonamides is 1. The van der Waals surface area contributed by atoms with Gasteiger partial charge in [0.2, 0.25) is 15.9 Å². The number of benzene rings is 2. The van der Waals surface area contributed by atoms with Gasteiger partial charge in [0.05, 0.1) is 18.0 Å². The van der Waals surface area contributed by atoms with Crippen LogP contribution < -0.4 is 4.72 Å². The first-order chi connectivity index (χ1) is 13.4. The molecule has 1 heterocycles. The van der Waals surface area contributed by atoms with E-state index in [1.165, 1.54) is 31.3 Å². The second-order valence-corrected chi connectivity index (χ2v) is 8.49. The van der Waals surface area contributed by atoms with Crippen molar-refractivity contribution in [2.45, 2.75) is 23.8 Å². The summed E-state index contributed by atoms with van der Waals surface area (Å²) in [4.78, 5) is 14.5. The molecule has 0 radical (unpaired) electrons. The average molecular weight is 406 g/mol. The summed E-state index contributed by atoms with van der Waals surface area (Å²) < 4.78 is 44.6. The number of carbonyl (C=O) groups excluding carboxylic acids is 1. The van der Waals surface area contributed by atoms with Crippen molar-refractivity contribution in [1.29, 1.82) is 0 Å². The number of hydrogen-bond donors (Lipinski definition) is 1. The van der Waals surface area contributed by atoms with Crippen LogP contribution >= 0.6 is 0 Å². The Kier molecular flexibility index (Phi) is 6.43. The zero-order valence-corrected chi connectivity index (χ0v) is 16.4. The molecule has 1 atom stereocenters. The van der Waals surface area contributed by atoms with Crippen molar-refractivity contribution >= 4 is 15.9 Å². The molecule has 2 aromatic carbocycles. The molecule has 1 aliphatic rings. The number of nitrogens with zero attached hydrogens (tertiary/aromatic N) is 1. The number of carbonyl (C=O) groups is 1. The van der Waals surface area contributed by atoms with E-state index in [-0.39, 0.29) is 22.7 Å². The summed E-state index contributed by atoms with van der Waals surface area (Å²) in [5.41, 5.74) is 1.74. The zero-order chi connectivity index (χ0) is 20.1. The molecule has 1 fully saturated rings. The van der Waals surface area contributed by atoms with E-state index in [4.69, 9.17) is 4.74 Å². The third-order valence-corrected chi connectivity index (χ3v) is 6.22. The summed E-state index contributed by atoms with van der Waals surface area (Å²) in [5, 5.41) is 0. The Bertz CT molecular complexity index is 914. The molecular weight excluding hydrogens is 383 g/mol. The van der Waals surface area contributed by atoms with Crippen LogP contribution in [0.15, 0.2) is 53.4 Å². The van der Waals surface area contributed by atoms with Gasteiger partial charge >= 0.3 is 0 Å². The van der Waals surface area contributed by atoms with Crippen LogP contribution in [0.3, 0.4) is 0 Å². The van der Waals surface area contributed by atoms with Gasteiger partial charge in [-0.15, -0.1) is 0 Å². The number of rotatable bonds is 6. The Morgan fingerprint density at radius 1 is 1.18 bits per heavy atom. The molecule has 6 nitrogen and oxygen atoms in total. The SMILES string of the molecule is CNS(=O)(=O)c1ccc(CCC(=O)N2CCOC(c3ccc(F)cc3)C2)cc1. The van der Waals surface area contributed by atoms with Gasteiger partial charge in [0, 0.05) is 13.0 Å². The average Bonchev–Trinajstić information content (AvgIpc) is 2.73. The molecule has 0 spiro atoms. The van der Waals surface area contributed by atoms with E-state index in [0.29, 0.717) is 32.5 Å². The molecule has 150 valence electrons. The van der Waals surface area contributed by atoms with Crippen molar-refractivity contribution in [1.82, 2.24) is 9.62 Å². The Morgan fingerprint density at radius 3 is 2.50 bits per heavy atom. The van der Waals surface area contributed by atoms with Gasteiger partial charge in [-0.25, -0.2) is 17.5 Å². The van der Waals surface area contributed by atoms with Crippen molar-refractivity contribution in [2.75, 3.05) is 26.7 Å². The molecule has 0 bridgehead atoms. The summed E-state index contributed by atoms with van der Waals surface area (Å²) in [6, 6.07) is 12.6. The number of aryl methyl sites for hydroxylation is 1. The third kappa shape index (κ3) is 4.95. The van der Waals surface area contributed by atoms with Gasteiger partial charge in [0.15, 0.2) is 0 Å². The predicted octanol–water partition coefficient (Wildman–Crippen LogP) is 2.27. The summed E-state index contributed by atoms with van der Waals surface area (Å²) >= 11 is 0. The van der Waals surface area contributed by atoms with Gasteiger partial charge in [-0.05, 0) is 48.9 Å². The van der Waals surface area contributed by atoms with Crippen LogP contribution in [0.5, 0.6) is 0 Å². The number of amides is 1. The van der Waals surface area contributed by atoms with Gasteiger partial charge in [-0.2, -0.15) is 0 Å². The fraction of sp³-hybridized carbons (Fsp3) is 0.350. The van der Waals surface area contributed by atoms with Crippen molar-refractivity contribution in [3.8, 4) is 0 Å². The maximum absolute atomic E-state index is 13.1. The first-order valence-electron chi connectivity index (χ1n) is 9.06. The lowest BCUT2D eigenvalue weighted by atomic mass is 10.1. The molecule has 0 aliphatic carbocycles. The molecule has 1 saturated heterocycles. The van der Waals surface area contributed by atoms with Crippen molar-refractivity contribution in [3.05, 3.63) is 65.5 Å². The van der Waals surface area contributed by atoms with E-state index >= 15 is 0 Å². The van der Waals surface area contributed by atoms with Gasteiger partial charge in [0.25, 0.3) is 0 Å². The lowest BCUT2D eigenvalue weighted by molar-refractivity contribution is -0.139. The standard InChI is InChI=1S/C20H23FN2O4S/c1-22-28(25,26)18-9-2-15(3-10-18)4-11-20(24)23-12-13-27-19(14-23)16-5-7-17(21)8-6-16/h2-3,5-10,19,22H,4,11-14H2,1H3. The minimum Gasteiger partial charge on any atom is -0.370 e. The minimum absolute atomic E-state index is 0.0161. The van der Waals surface area contributed by atoms with Crippen LogP contribution in [0.25, 0.3) is 0 Å². The van der Waals surface area contributed by atoms with Gasteiger partial charge in [-0.3, -0.25) is 4.79 Å². The molecule has 28 heavy (non-hydrogen) atoms. The van der Waals surface area contributed by atoms with Crippen LogP contribution in [0, 0.1) is 5.82 Å². The molecule has 1 amide bonds. The van der Waals surface area contributed by atoms with E-state index in [1.807, 2.05) is 0 Å². The number of hydrogen-bond acceptors (Lipinski definition) is 4. The second-order valence-electron chi connectivity index (χ2n) is 6.60. The number of morpholine rings is 1. The highest BCUT2D eigenvalue weighted by Crippen LogP contribution is 2.23. The molecule has 3 rings (SSSR count). The largest absolute Gasteiger partial charge is 0.370 e.